The summed E-state index contributed by atoms with van der Waals surface area (Å²) in [7, 11) is 1.58. The van der Waals surface area contributed by atoms with Crippen LogP contribution in [0.4, 0.5) is 0 Å². The van der Waals surface area contributed by atoms with Crippen LogP contribution in [0, 0.1) is 0 Å². The highest BCUT2D eigenvalue weighted by atomic mass is 32.1. The highest BCUT2D eigenvalue weighted by Crippen LogP contribution is 2.17. The smallest absolute Gasteiger partial charge is 0.242 e. The minimum atomic E-state index is -0.187. The van der Waals surface area contributed by atoms with E-state index in [-0.39, 0.29) is 17.9 Å². The summed E-state index contributed by atoms with van der Waals surface area (Å²) >= 11 is 5.07. The lowest BCUT2D eigenvalue weighted by Gasteiger charge is -2.23. The lowest BCUT2D eigenvalue weighted by molar-refractivity contribution is -0.121. The number of hydrazine groups is 1. The molecule has 0 aliphatic carbocycles. The third-order valence-electron chi connectivity index (χ3n) is 2.35. The number of para-hydroxylation sites is 1. The second-order valence-corrected chi connectivity index (χ2v) is 5.77. The standard InChI is InChI=1S/C14H21N3O2S/c1-14(2,3)15-13(20)17-16-12(18)9-10-7-5-6-8-11(10)19-4/h5-8H,9H2,1-4H3,(H,16,18)(H2,15,17,20). The summed E-state index contributed by atoms with van der Waals surface area (Å²) in [5.74, 6) is 0.505. The van der Waals surface area contributed by atoms with Crippen LogP contribution in [0.15, 0.2) is 24.3 Å². The molecule has 1 rings (SSSR count). The van der Waals surface area contributed by atoms with Crippen LogP contribution in [0.5, 0.6) is 5.75 Å². The summed E-state index contributed by atoms with van der Waals surface area (Å²) in [6.45, 7) is 5.95. The molecule has 3 N–H and O–H groups in total. The Hall–Kier alpha value is -1.82. The molecule has 0 fully saturated rings. The number of ether oxygens (including phenoxy) is 1. The second-order valence-electron chi connectivity index (χ2n) is 5.37. The van der Waals surface area contributed by atoms with Crippen molar-refractivity contribution < 1.29 is 9.53 Å². The minimum absolute atomic E-state index is 0.155. The molecule has 1 aromatic rings. The predicted molar refractivity (Wildman–Crippen MR) is 83.5 cm³/mol. The molecule has 1 aromatic carbocycles. The van der Waals surface area contributed by atoms with Crippen LogP contribution in [0.25, 0.3) is 0 Å². The Labute approximate surface area is 125 Å². The number of benzene rings is 1. The Morgan fingerprint density at radius 2 is 1.90 bits per heavy atom. The van der Waals surface area contributed by atoms with Crippen molar-refractivity contribution in [2.45, 2.75) is 32.7 Å². The Kier molecular flexibility index (Phi) is 5.76. The molecule has 6 heteroatoms. The first-order chi connectivity index (χ1) is 9.31. The first-order valence-electron chi connectivity index (χ1n) is 6.31. The van der Waals surface area contributed by atoms with E-state index in [1.54, 1.807) is 7.11 Å². The molecule has 110 valence electrons. The molecule has 0 radical (unpaired) electrons. The van der Waals surface area contributed by atoms with Gasteiger partial charge in [0, 0.05) is 11.1 Å². The van der Waals surface area contributed by atoms with E-state index in [9.17, 15) is 4.79 Å². The SMILES string of the molecule is COc1ccccc1CC(=O)NNC(=S)NC(C)(C)C. The number of carbonyl (C=O) groups excluding carboxylic acids is 1. The molecular weight excluding hydrogens is 274 g/mol. The van der Waals surface area contributed by atoms with Crippen molar-refractivity contribution in [3.8, 4) is 5.75 Å². The van der Waals surface area contributed by atoms with E-state index in [0.717, 1.165) is 5.56 Å². The summed E-state index contributed by atoms with van der Waals surface area (Å²) in [5, 5.41) is 3.42. The molecule has 0 bridgehead atoms. The Morgan fingerprint density at radius 3 is 2.50 bits per heavy atom. The Balaban J connectivity index is 2.46. The van der Waals surface area contributed by atoms with Crippen LogP contribution in [0.2, 0.25) is 0 Å². The van der Waals surface area contributed by atoms with Crippen molar-refractivity contribution in [2.75, 3.05) is 7.11 Å². The zero-order valence-electron chi connectivity index (χ0n) is 12.2. The van der Waals surface area contributed by atoms with Gasteiger partial charge >= 0.3 is 0 Å². The quantitative estimate of drug-likeness (QED) is 0.583. The normalized spacial score (nSPS) is 10.6. The van der Waals surface area contributed by atoms with E-state index >= 15 is 0 Å². The highest BCUT2D eigenvalue weighted by molar-refractivity contribution is 7.80. The van der Waals surface area contributed by atoms with Crippen LogP contribution in [0.3, 0.4) is 0 Å². The molecule has 0 aliphatic rings. The number of rotatable bonds is 3. The van der Waals surface area contributed by atoms with Gasteiger partial charge in [-0.2, -0.15) is 0 Å². The topological polar surface area (TPSA) is 62.4 Å². The number of carbonyl (C=O) groups is 1. The summed E-state index contributed by atoms with van der Waals surface area (Å²) in [4.78, 5) is 11.8. The van der Waals surface area contributed by atoms with Crippen molar-refractivity contribution in [3.05, 3.63) is 29.8 Å². The number of amides is 1. The van der Waals surface area contributed by atoms with Crippen molar-refractivity contribution in [3.63, 3.8) is 0 Å². The summed E-state index contributed by atoms with van der Waals surface area (Å²) in [6, 6.07) is 7.40. The van der Waals surface area contributed by atoms with Crippen molar-refractivity contribution in [1.29, 1.82) is 0 Å². The van der Waals surface area contributed by atoms with Gasteiger partial charge in [0.05, 0.1) is 13.5 Å². The molecule has 20 heavy (non-hydrogen) atoms. The molecule has 1 amide bonds. The molecule has 0 heterocycles. The van der Waals surface area contributed by atoms with Crippen LogP contribution < -0.4 is 20.9 Å². The summed E-state index contributed by atoms with van der Waals surface area (Å²) in [6.07, 6.45) is 0.217. The number of thiocarbonyl (C=S) groups is 1. The van der Waals surface area contributed by atoms with E-state index in [1.165, 1.54) is 0 Å². The van der Waals surface area contributed by atoms with Crippen molar-refractivity contribution in [2.24, 2.45) is 0 Å². The van der Waals surface area contributed by atoms with Gasteiger partial charge in [0.25, 0.3) is 0 Å². The average Bonchev–Trinajstić information content (AvgIpc) is 2.35. The molecule has 0 unspecified atom stereocenters. The van der Waals surface area contributed by atoms with E-state index in [2.05, 4.69) is 16.2 Å². The van der Waals surface area contributed by atoms with Gasteiger partial charge in [-0.3, -0.25) is 15.6 Å². The van der Waals surface area contributed by atoms with Gasteiger partial charge in [0.15, 0.2) is 5.11 Å². The zero-order valence-corrected chi connectivity index (χ0v) is 13.1. The monoisotopic (exact) mass is 295 g/mol. The van der Waals surface area contributed by atoms with Crippen LogP contribution >= 0.6 is 12.2 Å². The summed E-state index contributed by atoms with van der Waals surface area (Å²) in [5.41, 5.74) is 5.90. The number of hydrogen-bond acceptors (Lipinski definition) is 3. The third-order valence-corrected chi connectivity index (χ3v) is 2.55. The third kappa shape index (κ3) is 5.88. The molecule has 0 saturated heterocycles. The highest BCUT2D eigenvalue weighted by Gasteiger charge is 2.12. The summed E-state index contributed by atoms with van der Waals surface area (Å²) < 4.78 is 5.20. The number of nitrogens with one attached hydrogen (secondary N) is 3. The lowest BCUT2D eigenvalue weighted by Crippen LogP contribution is -2.52. The fourth-order valence-electron chi connectivity index (χ4n) is 1.56. The fourth-order valence-corrected chi connectivity index (χ4v) is 1.92. The van der Waals surface area contributed by atoms with Gasteiger partial charge in [-0.15, -0.1) is 0 Å². The fraction of sp³-hybridized carbons (Fsp3) is 0.429. The van der Waals surface area contributed by atoms with Crippen molar-refractivity contribution in [1.82, 2.24) is 16.2 Å². The van der Waals surface area contributed by atoms with Gasteiger partial charge in [-0.1, -0.05) is 18.2 Å². The zero-order chi connectivity index (χ0) is 15.2. The van der Waals surface area contributed by atoms with E-state index in [1.807, 2.05) is 45.0 Å². The number of methoxy groups -OCH3 is 1. The van der Waals surface area contributed by atoms with Gasteiger partial charge in [0.1, 0.15) is 5.75 Å². The second kappa shape index (κ2) is 7.09. The molecule has 0 saturated carbocycles. The van der Waals surface area contributed by atoms with Gasteiger partial charge in [0.2, 0.25) is 5.91 Å². The van der Waals surface area contributed by atoms with E-state index in [4.69, 9.17) is 17.0 Å². The maximum absolute atomic E-state index is 11.8. The molecule has 0 aromatic heterocycles. The van der Waals surface area contributed by atoms with Gasteiger partial charge in [-0.05, 0) is 39.1 Å². The molecule has 5 nitrogen and oxygen atoms in total. The minimum Gasteiger partial charge on any atom is -0.496 e. The largest absolute Gasteiger partial charge is 0.496 e. The Bertz CT molecular complexity index is 484. The van der Waals surface area contributed by atoms with Crippen molar-refractivity contribution >= 4 is 23.2 Å². The van der Waals surface area contributed by atoms with E-state index < -0.39 is 0 Å². The molecule has 0 aliphatic heterocycles. The molecule has 0 atom stereocenters. The van der Waals surface area contributed by atoms with Gasteiger partial charge in [-0.25, -0.2) is 0 Å². The van der Waals surface area contributed by atoms with Crippen LogP contribution in [-0.4, -0.2) is 23.7 Å². The van der Waals surface area contributed by atoms with Gasteiger partial charge < -0.3 is 10.1 Å². The maximum Gasteiger partial charge on any atom is 0.242 e. The molecular formula is C14H21N3O2S. The van der Waals surface area contributed by atoms with E-state index in [0.29, 0.717) is 10.9 Å². The first-order valence-corrected chi connectivity index (χ1v) is 6.71. The van der Waals surface area contributed by atoms with Crippen LogP contribution in [0.1, 0.15) is 26.3 Å². The predicted octanol–water partition coefficient (Wildman–Crippen LogP) is 1.53. The number of hydrogen-bond donors (Lipinski definition) is 3. The maximum atomic E-state index is 11.8. The molecule has 0 spiro atoms. The Morgan fingerprint density at radius 1 is 1.25 bits per heavy atom. The first kappa shape index (κ1) is 16.2. The van der Waals surface area contributed by atoms with Crippen LogP contribution in [-0.2, 0) is 11.2 Å². The average molecular weight is 295 g/mol. The lowest BCUT2D eigenvalue weighted by atomic mass is 10.1.